The Kier molecular flexibility index (Phi) is 8.32. The van der Waals surface area contributed by atoms with E-state index in [2.05, 4.69) is 38.2 Å². The quantitative estimate of drug-likeness (QED) is 0.647. The van der Waals surface area contributed by atoms with Gasteiger partial charge in [-0.25, -0.2) is 0 Å². The molecule has 0 bridgehead atoms. The Labute approximate surface area is 192 Å². The molecule has 1 aliphatic heterocycles. The third-order valence-corrected chi connectivity index (χ3v) is 6.23. The van der Waals surface area contributed by atoms with Gasteiger partial charge in [0.25, 0.3) is 5.91 Å². The first-order valence-electron chi connectivity index (χ1n) is 11.8. The van der Waals surface area contributed by atoms with Crippen molar-refractivity contribution in [2.45, 2.75) is 64.8 Å². The predicted octanol–water partition coefficient (Wildman–Crippen LogP) is 4.80. The molecule has 1 atom stereocenters. The van der Waals surface area contributed by atoms with Crippen molar-refractivity contribution in [3.8, 4) is 5.75 Å². The number of aryl methyl sites for hydroxylation is 1. The molecule has 5 nitrogen and oxygen atoms in total. The molecule has 1 fully saturated rings. The smallest absolute Gasteiger partial charge is 0.258 e. The van der Waals surface area contributed by atoms with Gasteiger partial charge in [0, 0.05) is 19.1 Å². The minimum atomic E-state index is -0.110. The summed E-state index contributed by atoms with van der Waals surface area (Å²) in [6.07, 6.45) is 2.32. The van der Waals surface area contributed by atoms with Crippen LogP contribution in [0.3, 0.4) is 0 Å². The normalized spacial score (nSPS) is 15.5. The highest BCUT2D eigenvalue weighted by Crippen LogP contribution is 2.27. The van der Waals surface area contributed by atoms with Gasteiger partial charge in [0.2, 0.25) is 5.91 Å². The van der Waals surface area contributed by atoms with E-state index in [-0.39, 0.29) is 30.4 Å². The third-order valence-electron chi connectivity index (χ3n) is 6.23. The summed E-state index contributed by atoms with van der Waals surface area (Å²) in [7, 11) is 0. The fraction of sp³-hybridized carbons (Fsp3) is 0.481. The van der Waals surface area contributed by atoms with E-state index in [4.69, 9.17) is 4.74 Å². The molecule has 2 aromatic rings. The molecular weight excluding hydrogens is 400 g/mol. The van der Waals surface area contributed by atoms with Crippen LogP contribution in [0.1, 0.15) is 68.6 Å². The van der Waals surface area contributed by atoms with Gasteiger partial charge in [-0.05, 0) is 54.9 Å². The Morgan fingerprint density at radius 1 is 1.09 bits per heavy atom. The van der Waals surface area contributed by atoms with Gasteiger partial charge in [-0.2, -0.15) is 0 Å². The molecular formula is C27H36N2O3. The fourth-order valence-electron chi connectivity index (χ4n) is 4.36. The van der Waals surface area contributed by atoms with Gasteiger partial charge in [-0.3, -0.25) is 9.59 Å². The molecule has 0 aliphatic carbocycles. The first-order chi connectivity index (χ1) is 15.4. The van der Waals surface area contributed by atoms with E-state index in [1.165, 1.54) is 0 Å². The minimum absolute atomic E-state index is 0.00817. The summed E-state index contributed by atoms with van der Waals surface area (Å²) in [6.45, 7) is 9.66. The number of hydrogen-bond acceptors (Lipinski definition) is 3. The lowest BCUT2D eigenvalue weighted by Gasteiger charge is -2.34. The Hall–Kier alpha value is -2.82. The van der Waals surface area contributed by atoms with Crippen molar-refractivity contribution in [2.75, 3.05) is 19.7 Å². The van der Waals surface area contributed by atoms with E-state index in [0.29, 0.717) is 19.0 Å². The second-order valence-corrected chi connectivity index (χ2v) is 9.02. The van der Waals surface area contributed by atoms with Crippen LogP contribution in [-0.2, 0) is 9.59 Å². The lowest BCUT2D eigenvalue weighted by molar-refractivity contribution is -0.134. The van der Waals surface area contributed by atoms with Gasteiger partial charge < -0.3 is 15.0 Å². The van der Waals surface area contributed by atoms with Gasteiger partial charge in [0.15, 0.2) is 6.61 Å². The molecule has 5 heteroatoms. The molecule has 32 heavy (non-hydrogen) atoms. The molecule has 0 spiro atoms. The maximum atomic E-state index is 13.1. The molecule has 1 heterocycles. The lowest BCUT2D eigenvalue weighted by Crippen LogP contribution is -2.48. The summed E-state index contributed by atoms with van der Waals surface area (Å²) in [4.78, 5) is 27.5. The van der Waals surface area contributed by atoms with Gasteiger partial charge in [0.1, 0.15) is 5.75 Å². The number of carbonyl (C=O) groups is 2. The number of nitrogens with zero attached hydrogens (tertiary/aromatic N) is 1. The zero-order valence-electron chi connectivity index (χ0n) is 19.8. The average molecular weight is 437 g/mol. The highest BCUT2D eigenvalue weighted by Gasteiger charge is 2.28. The predicted molar refractivity (Wildman–Crippen MR) is 128 cm³/mol. The van der Waals surface area contributed by atoms with Crippen LogP contribution >= 0.6 is 0 Å². The van der Waals surface area contributed by atoms with Crippen LogP contribution in [0.25, 0.3) is 0 Å². The number of rotatable bonds is 8. The van der Waals surface area contributed by atoms with Crippen molar-refractivity contribution in [2.24, 2.45) is 0 Å². The number of carbonyl (C=O) groups excluding carboxylic acids is 2. The summed E-state index contributed by atoms with van der Waals surface area (Å²) >= 11 is 0. The number of hydrogen-bond donors (Lipinski definition) is 1. The first-order valence-corrected chi connectivity index (χ1v) is 11.8. The molecule has 2 aromatic carbocycles. The molecule has 0 radical (unpaired) electrons. The molecule has 2 amide bonds. The van der Waals surface area contributed by atoms with Gasteiger partial charge in [0.05, 0.1) is 5.92 Å². The minimum Gasteiger partial charge on any atom is -0.483 e. The van der Waals surface area contributed by atoms with Crippen LogP contribution < -0.4 is 10.1 Å². The average Bonchev–Trinajstić information content (AvgIpc) is 2.79. The van der Waals surface area contributed by atoms with E-state index in [1.54, 1.807) is 0 Å². The number of amides is 2. The van der Waals surface area contributed by atoms with Gasteiger partial charge in [-0.1, -0.05) is 63.2 Å². The van der Waals surface area contributed by atoms with Crippen LogP contribution in [0.2, 0.25) is 0 Å². The summed E-state index contributed by atoms with van der Waals surface area (Å²) < 4.78 is 5.86. The molecule has 1 unspecified atom stereocenters. The standard InChI is InChI=1S/C27H36N2O3/c1-5-23(21-9-7-6-8-10-21)27(31)29-15-13-22(14-16-29)28-26(30)18-32-25-17-20(4)11-12-24(25)19(2)3/h6-12,17,19,22-23H,5,13-16,18H2,1-4H3,(H,28,30). The Bertz CT molecular complexity index is 902. The Morgan fingerprint density at radius 3 is 2.41 bits per heavy atom. The van der Waals surface area contributed by atoms with Gasteiger partial charge in [-0.15, -0.1) is 0 Å². The number of nitrogens with one attached hydrogen (secondary N) is 1. The first kappa shape index (κ1) is 23.8. The second kappa shape index (κ2) is 11.2. The van der Waals surface area contributed by atoms with Crippen LogP contribution in [0.5, 0.6) is 5.75 Å². The summed E-state index contributed by atoms with van der Waals surface area (Å²) in [5.41, 5.74) is 3.30. The molecule has 172 valence electrons. The van der Waals surface area contributed by atoms with Crippen LogP contribution in [0, 0.1) is 6.92 Å². The van der Waals surface area contributed by atoms with E-state index >= 15 is 0 Å². The number of benzene rings is 2. The van der Waals surface area contributed by atoms with Crippen LogP contribution in [0.4, 0.5) is 0 Å². The number of piperidine rings is 1. The highest BCUT2D eigenvalue weighted by molar-refractivity contribution is 5.84. The Morgan fingerprint density at radius 2 is 1.78 bits per heavy atom. The van der Waals surface area contributed by atoms with Crippen molar-refractivity contribution in [3.63, 3.8) is 0 Å². The molecule has 3 rings (SSSR count). The van der Waals surface area contributed by atoms with Crippen molar-refractivity contribution >= 4 is 11.8 Å². The van der Waals surface area contributed by atoms with Crippen LogP contribution in [0.15, 0.2) is 48.5 Å². The fourth-order valence-corrected chi connectivity index (χ4v) is 4.36. The third kappa shape index (κ3) is 6.12. The van der Waals surface area contributed by atoms with E-state index in [0.717, 1.165) is 41.7 Å². The molecule has 1 aliphatic rings. The zero-order valence-corrected chi connectivity index (χ0v) is 19.8. The largest absolute Gasteiger partial charge is 0.483 e. The maximum Gasteiger partial charge on any atom is 0.258 e. The van der Waals surface area contributed by atoms with E-state index in [1.807, 2.05) is 48.2 Å². The summed E-state index contributed by atoms with van der Waals surface area (Å²) in [6, 6.07) is 16.2. The highest BCUT2D eigenvalue weighted by atomic mass is 16.5. The van der Waals surface area contributed by atoms with Crippen molar-refractivity contribution in [3.05, 3.63) is 65.2 Å². The lowest BCUT2D eigenvalue weighted by atomic mass is 9.93. The maximum absolute atomic E-state index is 13.1. The molecule has 0 saturated carbocycles. The van der Waals surface area contributed by atoms with Crippen LogP contribution in [-0.4, -0.2) is 42.5 Å². The molecule has 1 saturated heterocycles. The summed E-state index contributed by atoms with van der Waals surface area (Å²) in [5.74, 6) is 1.09. The van der Waals surface area contributed by atoms with Crippen molar-refractivity contribution in [1.29, 1.82) is 0 Å². The van der Waals surface area contributed by atoms with E-state index < -0.39 is 0 Å². The zero-order chi connectivity index (χ0) is 23.1. The topological polar surface area (TPSA) is 58.6 Å². The van der Waals surface area contributed by atoms with Crippen molar-refractivity contribution < 1.29 is 14.3 Å². The van der Waals surface area contributed by atoms with E-state index in [9.17, 15) is 9.59 Å². The second-order valence-electron chi connectivity index (χ2n) is 9.02. The van der Waals surface area contributed by atoms with Crippen molar-refractivity contribution in [1.82, 2.24) is 10.2 Å². The molecule has 0 aromatic heterocycles. The summed E-state index contributed by atoms with van der Waals surface area (Å²) in [5, 5.41) is 3.08. The monoisotopic (exact) mass is 436 g/mol. The molecule has 1 N–H and O–H groups in total. The SMILES string of the molecule is CCC(C(=O)N1CCC(NC(=O)COc2cc(C)ccc2C(C)C)CC1)c1ccccc1. The number of likely N-dealkylation sites (tertiary alicyclic amines) is 1. The number of ether oxygens (including phenoxy) is 1. The van der Waals surface area contributed by atoms with Gasteiger partial charge >= 0.3 is 0 Å². The Balaban J connectivity index is 1.48.